The summed E-state index contributed by atoms with van der Waals surface area (Å²) >= 11 is 0. The van der Waals surface area contributed by atoms with E-state index in [2.05, 4.69) is 21.5 Å². The smallest absolute Gasteiger partial charge is 0.196 e. The zero-order valence-corrected chi connectivity index (χ0v) is 17.9. The predicted octanol–water partition coefficient (Wildman–Crippen LogP) is 3.27. The van der Waals surface area contributed by atoms with Gasteiger partial charge in [-0.25, -0.2) is 0 Å². The van der Waals surface area contributed by atoms with Gasteiger partial charge >= 0.3 is 0 Å². The number of benzene rings is 1. The van der Waals surface area contributed by atoms with Gasteiger partial charge in [-0.05, 0) is 37.3 Å². The molecule has 2 N–H and O–H groups in total. The quantitative estimate of drug-likeness (QED) is 0.195. The Morgan fingerprint density at radius 2 is 2.07 bits per heavy atom. The van der Waals surface area contributed by atoms with Crippen LogP contribution in [0.15, 0.2) is 23.2 Å². The number of hydrogen-bond acceptors (Lipinski definition) is 4. The summed E-state index contributed by atoms with van der Waals surface area (Å²) in [4.78, 5) is 4.57. The summed E-state index contributed by atoms with van der Waals surface area (Å²) in [5.41, 5.74) is 0.877. The lowest BCUT2D eigenvalue weighted by Crippen LogP contribution is -2.31. The Kier molecular flexibility index (Phi) is 9.56. The second-order valence-corrected chi connectivity index (χ2v) is 6.50. The van der Waals surface area contributed by atoms with Gasteiger partial charge in [0, 0.05) is 37.9 Å². The Morgan fingerprint density at radius 3 is 2.85 bits per heavy atom. The average Bonchev–Trinajstić information content (AvgIpc) is 3.48. The first kappa shape index (κ1) is 21.6. The topological polar surface area (TPSA) is 64.1 Å². The molecule has 148 valence electrons. The summed E-state index contributed by atoms with van der Waals surface area (Å²) in [7, 11) is 0. The van der Waals surface area contributed by atoms with E-state index in [9.17, 15) is 0 Å². The van der Waals surface area contributed by atoms with E-state index < -0.39 is 0 Å². The lowest BCUT2D eigenvalue weighted by molar-refractivity contribution is 0.123. The van der Waals surface area contributed by atoms with E-state index >= 15 is 0 Å². The molecule has 0 saturated heterocycles. The summed E-state index contributed by atoms with van der Waals surface area (Å²) in [6.07, 6.45) is 9.76. The van der Waals surface area contributed by atoms with E-state index in [-0.39, 0.29) is 24.0 Å². The van der Waals surface area contributed by atoms with Crippen molar-refractivity contribution in [2.24, 2.45) is 10.9 Å². The zero-order valence-electron chi connectivity index (χ0n) is 15.5. The molecule has 1 aliphatic carbocycles. The van der Waals surface area contributed by atoms with Crippen LogP contribution in [0, 0.1) is 18.3 Å². The van der Waals surface area contributed by atoms with E-state index in [0.29, 0.717) is 32.3 Å². The third kappa shape index (κ3) is 7.85. The molecule has 1 aromatic carbocycles. The van der Waals surface area contributed by atoms with Crippen LogP contribution >= 0.6 is 24.0 Å². The molecule has 6 nitrogen and oxygen atoms in total. The number of halogens is 1. The number of rotatable bonds is 8. The normalized spacial score (nSPS) is 15.9. The SMILES string of the molecule is C#CCNC(=NCCCOCC1CC1)Nc1ccc2c(c1)OCCCO2.I. The van der Waals surface area contributed by atoms with Gasteiger partial charge in [0.25, 0.3) is 0 Å². The number of terminal acetylenes is 1. The van der Waals surface area contributed by atoms with Crippen molar-refractivity contribution >= 4 is 35.6 Å². The number of nitrogens with zero attached hydrogens (tertiary/aromatic N) is 1. The Bertz CT molecular complexity index is 656. The number of fused-ring (bicyclic) bond motifs is 1. The maximum Gasteiger partial charge on any atom is 0.196 e. The second kappa shape index (κ2) is 11.9. The van der Waals surface area contributed by atoms with E-state index in [0.717, 1.165) is 49.2 Å². The van der Waals surface area contributed by atoms with Gasteiger partial charge in [0.1, 0.15) is 0 Å². The van der Waals surface area contributed by atoms with Crippen LogP contribution in [-0.2, 0) is 4.74 Å². The van der Waals surface area contributed by atoms with Crippen molar-refractivity contribution in [2.75, 3.05) is 44.8 Å². The number of aliphatic imine (C=N–C) groups is 1. The van der Waals surface area contributed by atoms with Gasteiger partial charge < -0.3 is 24.8 Å². The lowest BCUT2D eigenvalue weighted by atomic mass is 10.3. The maximum atomic E-state index is 5.73. The van der Waals surface area contributed by atoms with Gasteiger partial charge in [-0.3, -0.25) is 4.99 Å². The number of guanidine groups is 1. The molecular formula is C20H28IN3O3. The van der Waals surface area contributed by atoms with Crippen molar-refractivity contribution in [3.8, 4) is 23.8 Å². The molecule has 7 heteroatoms. The average molecular weight is 485 g/mol. The van der Waals surface area contributed by atoms with Crippen LogP contribution in [-0.4, -0.2) is 45.5 Å². The Morgan fingerprint density at radius 1 is 1.26 bits per heavy atom. The number of hydrogen-bond donors (Lipinski definition) is 2. The van der Waals surface area contributed by atoms with Gasteiger partial charge in [0.2, 0.25) is 0 Å². The van der Waals surface area contributed by atoms with E-state index in [1.165, 1.54) is 12.8 Å². The summed E-state index contributed by atoms with van der Waals surface area (Å²) in [5.74, 6) is 5.54. The minimum atomic E-state index is 0. The van der Waals surface area contributed by atoms with Crippen molar-refractivity contribution in [3.63, 3.8) is 0 Å². The first-order valence-corrected chi connectivity index (χ1v) is 9.31. The highest BCUT2D eigenvalue weighted by molar-refractivity contribution is 14.0. The molecule has 0 amide bonds. The number of ether oxygens (including phenoxy) is 3. The largest absolute Gasteiger partial charge is 0.490 e. The molecule has 3 rings (SSSR count). The van der Waals surface area contributed by atoms with Crippen molar-refractivity contribution in [2.45, 2.75) is 25.7 Å². The summed E-state index contributed by atoms with van der Waals surface area (Å²) in [6.45, 7) is 4.06. The van der Waals surface area contributed by atoms with Crippen molar-refractivity contribution in [1.82, 2.24) is 5.32 Å². The first-order chi connectivity index (χ1) is 12.8. The molecule has 0 spiro atoms. The Balaban J connectivity index is 0.00000261. The van der Waals surface area contributed by atoms with Gasteiger partial charge in [-0.15, -0.1) is 30.4 Å². The second-order valence-electron chi connectivity index (χ2n) is 6.50. The van der Waals surface area contributed by atoms with Gasteiger partial charge in [0.05, 0.1) is 19.8 Å². The fourth-order valence-electron chi connectivity index (χ4n) is 2.54. The van der Waals surface area contributed by atoms with E-state index in [4.69, 9.17) is 20.6 Å². The summed E-state index contributed by atoms with van der Waals surface area (Å²) in [5, 5.41) is 6.39. The Hall–Kier alpha value is -1.66. The van der Waals surface area contributed by atoms with Crippen LogP contribution in [0.1, 0.15) is 25.7 Å². The first-order valence-electron chi connectivity index (χ1n) is 9.31. The molecular weight excluding hydrogens is 457 g/mol. The zero-order chi connectivity index (χ0) is 18.0. The third-order valence-corrected chi connectivity index (χ3v) is 4.14. The fraction of sp³-hybridized carbons (Fsp3) is 0.550. The monoisotopic (exact) mass is 485 g/mol. The van der Waals surface area contributed by atoms with Crippen LogP contribution in [0.2, 0.25) is 0 Å². The third-order valence-electron chi connectivity index (χ3n) is 4.14. The fourth-order valence-corrected chi connectivity index (χ4v) is 2.54. The van der Waals surface area contributed by atoms with Crippen LogP contribution in [0.25, 0.3) is 0 Å². The molecule has 0 radical (unpaired) electrons. The van der Waals surface area contributed by atoms with Gasteiger partial charge in [-0.2, -0.15) is 0 Å². The standard InChI is InChI=1S/C20H27N3O3.HI/c1-2-9-21-20(22-10-3-11-24-15-16-5-6-16)23-17-7-8-18-19(14-17)26-13-4-12-25-18;/h1,7-8,14,16H,3-6,9-13,15H2,(H2,21,22,23);1H. The maximum absolute atomic E-state index is 5.73. The highest BCUT2D eigenvalue weighted by Gasteiger charge is 2.20. The summed E-state index contributed by atoms with van der Waals surface area (Å²) in [6, 6.07) is 5.78. The molecule has 1 fully saturated rings. The van der Waals surface area contributed by atoms with Crippen LogP contribution in [0.5, 0.6) is 11.5 Å². The molecule has 1 heterocycles. The molecule has 0 aromatic heterocycles. The number of nitrogens with one attached hydrogen (secondary N) is 2. The molecule has 0 atom stereocenters. The molecule has 1 aliphatic heterocycles. The molecule has 1 aromatic rings. The van der Waals surface area contributed by atoms with Crippen molar-refractivity contribution in [3.05, 3.63) is 18.2 Å². The summed E-state index contributed by atoms with van der Waals surface area (Å²) < 4.78 is 17.0. The predicted molar refractivity (Wildman–Crippen MR) is 118 cm³/mol. The van der Waals surface area contributed by atoms with Crippen LogP contribution in [0.4, 0.5) is 5.69 Å². The van der Waals surface area contributed by atoms with Gasteiger partial charge in [-0.1, -0.05) is 5.92 Å². The highest BCUT2D eigenvalue weighted by Crippen LogP contribution is 2.32. The minimum Gasteiger partial charge on any atom is -0.490 e. The van der Waals surface area contributed by atoms with Crippen molar-refractivity contribution < 1.29 is 14.2 Å². The van der Waals surface area contributed by atoms with Crippen LogP contribution in [0.3, 0.4) is 0 Å². The lowest BCUT2D eigenvalue weighted by Gasteiger charge is -2.13. The molecule has 27 heavy (non-hydrogen) atoms. The van der Waals surface area contributed by atoms with E-state index in [1.54, 1.807) is 0 Å². The Labute approximate surface area is 178 Å². The minimum absolute atomic E-state index is 0. The highest BCUT2D eigenvalue weighted by atomic mass is 127. The number of anilines is 1. The van der Waals surface area contributed by atoms with E-state index in [1.807, 2.05) is 18.2 Å². The molecule has 0 unspecified atom stereocenters. The van der Waals surface area contributed by atoms with Crippen LogP contribution < -0.4 is 20.1 Å². The molecule has 1 saturated carbocycles. The van der Waals surface area contributed by atoms with Gasteiger partial charge in [0.15, 0.2) is 17.5 Å². The molecule has 2 aliphatic rings. The molecule has 0 bridgehead atoms. The van der Waals surface area contributed by atoms with Crippen molar-refractivity contribution in [1.29, 1.82) is 0 Å².